The molecule has 21 heavy (non-hydrogen) atoms. The van der Waals surface area contributed by atoms with Crippen LogP contribution in [-0.2, 0) is 14.8 Å². The molecule has 1 aromatic rings. The molecular formula is C11H13FN2O6S. The van der Waals surface area contributed by atoms with Gasteiger partial charge in [-0.1, -0.05) is 6.07 Å². The molecule has 116 valence electrons. The zero-order valence-corrected chi connectivity index (χ0v) is 12.0. The first-order chi connectivity index (χ1) is 9.59. The van der Waals surface area contributed by atoms with Gasteiger partial charge in [-0.25, -0.2) is 12.8 Å². The van der Waals surface area contributed by atoms with Gasteiger partial charge in [-0.2, -0.15) is 4.31 Å². The Balaban J connectivity index is 3.56. The summed E-state index contributed by atoms with van der Waals surface area (Å²) < 4.78 is 39.0. The third kappa shape index (κ3) is 3.52. The molecule has 0 atom stereocenters. The van der Waals surface area contributed by atoms with E-state index in [1.165, 1.54) is 13.8 Å². The second kappa shape index (κ2) is 6.14. The van der Waals surface area contributed by atoms with E-state index in [1.807, 2.05) is 0 Å². The van der Waals surface area contributed by atoms with Crippen LogP contribution < -0.4 is 0 Å². The SMILES string of the molecule is CC(C)N(CC(=O)O)S(=O)(=O)c1c(F)cccc1[N+](=O)[O-]. The molecule has 0 amide bonds. The summed E-state index contributed by atoms with van der Waals surface area (Å²) in [6, 6.07) is 1.79. The van der Waals surface area contributed by atoms with E-state index < -0.39 is 49.9 Å². The van der Waals surface area contributed by atoms with Crippen molar-refractivity contribution < 1.29 is 27.6 Å². The summed E-state index contributed by atoms with van der Waals surface area (Å²) in [7, 11) is -4.67. The van der Waals surface area contributed by atoms with Crippen molar-refractivity contribution in [3.63, 3.8) is 0 Å². The molecule has 0 bridgehead atoms. The number of carbonyl (C=O) groups is 1. The highest BCUT2D eigenvalue weighted by Crippen LogP contribution is 2.30. The van der Waals surface area contributed by atoms with Gasteiger partial charge in [0.05, 0.1) is 4.92 Å². The Labute approximate surface area is 120 Å². The van der Waals surface area contributed by atoms with Crippen LogP contribution in [0.4, 0.5) is 10.1 Å². The summed E-state index contributed by atoms with van der Waals surface area (Å²) in [6.07, 6.45) is 0. The fourth-order valence-electron chi connectivity index (χ4n) is 1.69. The van der Waals surface area contributed by atoms with Gasteiger partial charge in [-0.15, -0.1) is 0 Å². The Bertz CT molecular complexity index is 673. The first-order valence-corrected chi connectivity index (χ1v) is 7.19. The molecule has 0 spiro atoms. The highest BCUT2D eigenvalue weighted by atomic mass is 32.2. The number of hydrogen-bond donors (Lipinski definition) is 1. The fraction of sp³-hybridized carbons (Fsp3) is 0.364. The lowest BCUT2D eigenvalue weighted by atomic mass is 10.3. The maximum Gasteiger partial charge on any atom is 0.318 e. The van der Waals surface area contributed by atoms with Crippen LogP contribution in [0.3, 0.4) is 0 Å². The first kappa shape index (κ1) is 17.0. The third-order valence-electron chi connectivity index (χ3n) is 2.58. The van der Waals surface area contributed by atoms with Crippen molar-refractivity contribution in [2.75, 3.05) is 6.54 Å². The molecule has 0 fully saturated rings. The van der Waals surface area contributed by atoms with Crippen molar-refractivity contribution in [1.82, 2.24) is 4.31 Å². The van der Waals surface area contributed by atoms with E-state index in [0.717, 1.165) is 18.2 Å². The van der Waals surface area contributed by atoms with Gasteiger partial charge in [0.15, 0.2) is 4.90 Å². The van der Waals surface area contributed by atoms with Gasteiger partial charge in [0, 0.05) is 12.1 Å². The van der Waals surface area contributed by atoms with E-state index in [0.29, 0.717) is 4.31 Å². The zero-order valence-electron chi connectivity index (χ0n) is 11.2. The normalized spacial score (nSPS) is 11.9. The van der Waals surface area contributed by atoms with E-state index in [-0.39, 0.29) is 0 Å². The lowest BCUT2D eigenvalue weighted by Crippen LogP contribution is -2.41. The van der Waals surface area contributed by atoms with Crippen LogP contribution in [0.15, 0.2) is 23.1 Å². The van der Waals surface area contributed by atoms with Crippen molar-refractivity contribution in [3.8, 4) is 0 Å². The molecular weight excluding hydrogens is 307 g/mol. The molecule has 0 aromatic heterocycles. The van der Waals surface area contributed by atoms with E-state index in [4.69, 9.17) is 5.11 Å². The molecule has 1 N–H and O–H groups in total. The summed E-state index contributed by atoms with van der Waals surface area (Å²) in [6.45, 7) is 1.84. The largest absolute Gasteiger partial charge is 0.480 e. The Morgan fingerprint density at radius 2 is 2.05 bits per heavy atom. The molecule has 10 heteroatoms. The number of rotatable bonds is 6. The first-order valence-electron chi connectivity index (χ1n) is 5.75. The minimum absolute atomic E-state index is 0.487. The van der Waals surface area contributed by atoms with Crippen molar-refractivity contribution >= 4 is 21.7 Å². The van der Waals surface area contributed by atoms with Crippen LogP contribution in [0, 0.1) is 15.9 Å². The summed E-state index contributed by atoms with van der Waals surface area (Å²) in [5.74, 6) is -2.76. The number of nitro groups is 1. The van der Waals surface area contributed by atoms with E-state index in [2.05, 4.69) is 0 Å². The van der Waals surface area contributed by atoms with Crippen molar-refractivity contribution in [1.29, 1.82) is 0 Å². The number of carboxylic acid groups (broad SMARTS) is 1. The van der Waals surface area contributed by atoms with Crippen molar-refractivity contribution in [3.05, 3.63) is 34.1 Å². The monoisotopic (exact) mass is 320 g/mol. The van der Waals surface area contributed by atoms with Gasteiger partial charge in [-0.3, -0.25) is 14.9 Å². The Morgan fingerprint density at radius 1 is 1.48 bits per heavy atom. The van der Waals surface area contributed by atoms with Crippen LogP contribution >= 0.6 is 0 Å². The summed E-state index contributed by atoms with van der Waals surface area (Å²) in [4.78, 5) is 19.5. The van der Waals surface area contributed by atoms with Gasteiger partial charge < -0.3 is 5.11 Å². The standard InChI is InChI=1S/C11H13FN2O6S/c1-7(2)13(6-10(15)16)21(19,20)11-8(12)4-3-5-9(11)14(17)18/h3-5,7H,6H2,1-2H3,(H,15,16). The second-order valence-electron chi connectivity index (χ2n) is 4.38. The number of aliphatic carboxylic acids is 1. The molecule has 0 aliphatic rings. The van der Waals surface area contributed by atoms with Gasteiger partial charge >= 0.3 is 5.97 Å². The third-order valence-corrected chi connectivity index (χ3v) is 4.66. The number of nitrogens with zero attached hydrogens (tertiary/aromatic N) is 2. The quantitative estimate of drug-likeness (QED) is 0.622. The Kier molecular flexibility index (Phi) is 4.97. The number of halogens is 1. The molecule has 0 aliphatic heterocycles. The maximum absolute atomic E-state index is 13.8. The van der Waals surface area contributed by atoms with Crippen LogP contribution in [0.5, 0.6) is 0 Å². The minimum Gasteiger partial charge on any atom is -0.480 e. The van der Waals surface area contributed by atoms with Crippen LogP contribution in [-0.4, -0.2) is 41.3 Å². The molecule has 0 aliphatic carbocycles. The lowest BCUT2D eigenvalue weighted by molar-refractivity contribution is -0.388. The summed E-state index contributed by atoms with van der Waals surface area (Å²) >= 11 is 0. The smallest absolute Gasteiger partial charge is 0.318 e. The van der Waals surface area contributed by atoms with Gasteiger partial charge in [-0.05, 0) is 19.9 Å². The lowest BCUT2D eigenvalue weighted by Gasteiger charge is -2.24. The van der Waals surface area contributed by atoms with Crippen LogP contribution in [0.1, 0.15) is 13.8 Å². The number of benzene rings is 1. The van der Waals surface area contributed by atoms with E-state index >= 15 is 0 Å². The summed E-state index contributed by atoms with van der Waals surface area (Å²) in [5.41, 5.74) is -0.939. The number of nitro benzene ring substituents is 1. The van der Waals surface area contributed by atoms with E-state index in [9.17, 15) is 27.7 Å². The minimum atomic E-state index is -4.67. The highest BCUT2D eigenvalue weighted by molar-refractivity contribution is 7.89. The van der Waals surface area contributed by atoms with Crippen LogP contribution in [0.2, 0.25) is 0 Å². The maximum atomic E-state index is 13.8. The molecule has 1 rings (SSSR count). The van der Waals surface area contributed by atoms with Crippen molar-refractivity contribution in [2.45, 2.75) is 24.8 Å². The Morgan fingerprint density at radius 3 is 2.48 bits per heavy atom. The predicted octanol–water partition coefficient (Wildman–Crippen LogP) is 1.22. The molecule has 0 heterocycles. The zero-order chi connectivity index (χ0) is 16.4. The van der Waals surface area contributed by atoms with Gasteiger partial charge in [0.2, 0.25) is 0 Å². The molecule has 1 aromatic carbocycles. The molecule has 0 saturated carbocycles. The van der Waals surface area contributed by atoms with Gasteiger partial charge in [0.1, 0.15) is 12.4 Å². The summed E-state index contributed by atoms with van der Waals surface area (Å²) in [5, 5.41) is 19.6. The second-order valence-corrected chi connectivity index (χ2v) is 6.21. The number of hydrogen-bond acceptors (Lipinski definition) is 5. The highest BCUT2D eigenvalue weighted by Gasteiger charge is 2.37. The molecule has 8 nitrogen and oxygen atoms in total. The van der Waals surface area contributed by atoms with E-state index in [1.54, 1.807) is 0 Å². The number of sulfonamides is 1. The molecule has 0 radical (unpaired) electrons. The molecule has 0 saturated heterocycles. The Hall–Kier alpha value is -2.07. The van der Waals surface area contributed by atoms with Crippen molar-refractivity contribution in [2.24, 2.45) is 0 Å². The molecule has 0 unspecified atom stereocenters. The van der Waals surface area contributed by atoms with Gasteiger partial charge in [0.25, 0.3) is 15.7 Å². The predicted molar refractivity (Wildman–Crippen MR) is 69.7 cm³/mol. The van der Waals surface area contributed by atoms with Crippen LogP contribution in [0.25, 0.3) is 0 Å². The number of carboxylic acids is 1. The average Bonchev–Trinajstić information content (AvgIpc) is 2.34. The topological polar surface area (TPSA) is 118 Å². The average molecular weight is 320 g/mol. The fourth-order valence-corrected chi connectivity index (χ4v) is 3.48.